The number of hydrogen-bond acceptors (Lipinski definition) is 5. The van der Waals surface area contributed by atoms with Crippen molar-refractivity contribution in [2.75, 3.05) is 0 Å². The third-order valence-corrected chi connectivity index (χ3v) is 8.58. The van der Waals surface area contributed by atoms with Gasteiger partial charge in [-0.3, -0.25) is 9.20 Å². The van der Waals surface area contributed by atoms with Crippen LogP contribution in [0.15, 0.2) is 163 Å². The molecule has 0 fully saturated rings. The van der Waals surface area contributed by atoms with Crippen molar-refractivity contribution in [3.63, 3.8) is 0 Å². The van der Waals surface area contributed by atoms with Crippen molar-refractivity contribution >= 4 is 27.7 Å². The minimum Gasteiger partial charge on any atom is -0.277 e. The van der Waals surface area contributed by atoms with E-state index in [1.165, 1.54) is 0 Å². The van der Waals surface area contributed by atoms with Crippen molar-refractivity contribution in [1.29, 1.82) is 0 Å². The first-order chi connectivity index (χ1) is 23.7. The van der Waals surface area contributed by atoms with Gasteiger partial charge in [-0.05, 0) is 53.6 Å². The maximum Gasteiger partial charge on any atom is 0.267 e. The van der Waals surface area contributed by atoms with Gasteiger partial charge in [-0.2, -0.15) is 0 Å². The molecule has 226 valence electrons. The molecule has 0 radical (unpaired) electrons. The van der Waals surface area contributed by atoms with E-state index in [4.69, 9.17) is 19.9 Å². The first-order valence-electron chi connectivity index (χ1n) is 15.7. The highest BCUT2D eigenvalue weighted by Crippen LogP contribution is 2.31. The molecule has 0 aliphatic carbocycles. The Hall–Kier alpha value is -6.73. The van der Waals surface area contributed by atoms with Crippen LogP contribution in [0.2, 0.25) is 0 Å². The molecule has 9 aromatic rings. The smallest absolute Gasteiger partial charge is 0.267 e. The molecule has 0 spiro atoms. The maximum absolute atomic E-state index is 13.8. The van der Waals surface area contributed by atoms with E-state index in [9.17, 15) is 4.79 Å². The Bertz CT molecular complexity index is 2630. The van der Waals surface area contributed by atoms with Crippen LogP contribution in [-0.2, 0) is 0 Å². The summed E-state index contributed by atoms with van der Waals surface area (Å²) in [6, 6.07) is 51.8. The van der Waals surface area contributed by atoms with Crippen LogP contribution in [0.3, 0.4) is 0 Å². The zero-order chi connectivity index (χ0) is 32.0. The first-order valence-corrected chi connectivity index (χ1v) is 15.7. The van der Waals surface area contributed by atoms with E-state index in [-0.39, 0.29) is 5.56 Å². The van der Waals surface area contributed by atoms with Gasteiger partial charge < -0.3 is 0 Å². The summed E-state index contributed by atoms with van der Waals surface area (Å²) in [6.07, 6.45) is 0. The lowest BCUT2D eigenvalue weighted by Gasteiger charge is -2.11. The highest BCUT2D eigenvalue weighted by atomic mass is 16.1. The van der Waals surface area contributed by atoms with Gasteiger partial charge in [0.25, 0.3) is 5.56 Å². The van der Waals surface area contributed by atoms with E-state index in [0.717, 1.165) is 50.1 Å². The zero-order valence-corrected chi connectivity index (χ0v) is 25.6. The molecule has 7 heteroatoms. The molecule has 3 aromatic heterocycles. The fourth-order valence-electron chi connectivity index (χ4n) is 6.28. The van der Waals surface area contributed by atoms with Crippen LogP contribution in [0.25, 0.3) is 78.7 Å². The molecule has 7 nitrogen and oxygen atoms in total. The normalized spacial score (nSPS) is 11.4. The Morgan fingerprint density at radius 2 is 0.958 bits per heavy atom. The van der Waals surface area contributed by atoms with Crippen molar-refractivity contribution in [3.8, 4) is 51.0 Å². The van der Waals surface area contributed by atoms with Crippen LogP contribution in [0.1, 0.15) is 0 Å². The largest absolute Gasteiger partial charge is 0.277 e. The topological polar surface area (TPSA) is 78.0 Å². The number of aromatic nitrogens is 6. The van der Waals surface area contributed by atoms with E-state index in [0.29, 0.717) is 28.6 Å². The van der Waals surface area contributed by atoms with Crippen LogP contribution >= 0.6 is 0 Å². The van der Waals surface area contributed by atoms with E-state index < -0.39 is 0 Å². The van der Waals surface area contributed by atoms with E-state index >= 15 is 0 Å². The quantitative estimate of drug-likeness (QED) is 0.193. The van der Waals surface area contributed by atoms with Gasteiger partial charge in [-0.25, -0.2) is 24.5 Å². The molecule has 0 unspecified atom stereocenters. The molecule has 9 rings (SSSR count). The number of fused-ring (bicyclic) bond motifs is 5. The Kier molecular flexibility index (Phi) is 6.47. The Morgan fingerprint density at radius 3 is 1.65 bits per heavy atom. The van der Waals surface area contributed by atoms with E-state index in [2.05, 4.69) is 28.7 Å². The number of benzene rings is 6. The lowest BCUT2D eigenvalue weighted by molar-refractivity contribution is 0.983. The second-order valence-corrected chi connectivity index (χ2v) is 11.6. The standard InChI is InChI=1S/C41H26N6O/c48-40-33-21-10-11-22-35(33)47-36-26-30(23-24-34(36)42-41(47)46(40)32-19-8-3-9-20-32)29-17-12-18-31(25-29)39-44-37(27-13-4-1-5-14-27)43-38(45-39)28-15-6-2-7-16-28/h1-26H. The molecular weight excluding hydrogens is 592 g/mol. The molecule has 6 aromatic carbocycles. The van der Waals surface area contributed by atoms with Crippen LogP contribution in [0, 0.1) is 0 Å². The van der Waals surface area contributed by atoms with Gasteiger partial charge in [0.2, 0.25) is 5.78 Å². The highest BCUT2D eigenvalue weighted by molar-refractivity contribution is 5.92. The van der Waals surface area contributed by atoms with E-state index in [1.807, 2.05) is 133 Å². The van der Waals surface area contributed by atoms with E-state index in [1.54, 1.807) is 4.57 Å². The summed E-state index contributed by atoms with van der Waals surface area (Å²) in [7, 11) is 0. The molecule has 0 saturated carbocycles. The lowest BCUT2D eigenvalue weighted by Crippen LogP contribution is -2.21. The molecular formula is C41H26N6O. The van der Waals surface area contributed by atoms with Gasteiger partial charge in [-0.15, -0.1) is 0 Å². The van der Waals surface area contributed by atoms with Crippen molar-refractivity contribution in [3.05, 3.63) is 168 Å². The van der Waals surface area contributed by atoms with Gasteiger partial charge in [-0.1, -0.05) is 115 Å². The minimum absolute atomic E-state index is 0.102. The van der Waals surface area contributed by atoms with Crippen LogP contribution in [-0.4, -0.2) is 28.9 Å². The summed E-state index contributed by atoms with van der Waals surface area (Å²) in [4.78, 5) is 33.5. The van der Waals surface area contributed by atoms with Crippen molar-refractivity contribution < 1.29 is 0 Å². The third-order valence-electron chi connectivity index (χ3n) is 8.58. The summed E-state index contributed by atoms with van der Waals surface area (Å²) in [5.74, 6) is 2.40. The van der Waals surface area contributed by atoms with Crippen LogP contribution < -0.4 is 5.56 Å². The van der Waals surface area contributed by atoms with Gasteiger partial charge in [0.1, 0.15) is 0 Å². The average molecular weight is 619 g/mol. The summed E-state index contributed by atoms with van der Waals surface area (Å²) >= 11 is 0. The molecule has 0 amide bonds. The molecule has 0 aliphatic rings. The Labute approximate surface area is 275 Å². The van der Waals surface area contributed by atoms with Gasteiger partial charge >= 0.3 is 0 Å². The first kappa shape index (κ1) is 27.6. The minimum atomic E-state index is -0.102. The molecule has 0 atom stereocenters. The predicted molar refractivity (Wildman–Crippen MR) is 191 cm³/mol. The fourth-order valence-corrected chi connectivity index (χ4v) is 6.28. The summed E-state index contributed by atoms with van der Waals surface area (Å²) in [5.41, 5.74) is 7.93. The summed E-state index contributed by atoms with van der Waals surface area (Å²) in [6.45, 7) is 0. The summed E-state index contributed by atoms with van der Waals surface area (Å²) in [5, 5.41) is 0.624. The maximum atomic E-state index is 13.8. The number of hydrogen-bond donors (Lipinski definition) is 0. The van der Waals surface area contributed by atoms with Gasteiger partial charge in [0.15, 0.2) is 17.5 Å². The zero-order valence-electron chi connectivity index (χ0n) is 25.6. The number of para-hydroxylation sites is 2. The summed E-state index contributed by atoms with van der Waals surface area (Å²) < 4.78 is 3.77. The van der Waals surface area contributed by atoms with Crippen molar-refractivity contribution in [2.45, 2.75) is 0 Å². The fraction of sp³-hybridized carbons (Fsp3) is 0. The number of rotatable bonds is 5. The predicted octanol–water partition coefficient (Wildman–Crippen LogP) is 8.64. The Balaban J connectivity index is 1.22. The monoisotopic (exact) mass is 618 g/mol. The highest BCUT2D eigenvalue weighted by Gasteiger charge is 2.18. The van der Waals surface area contributed by atoms with Crippen LogP contribution in [0.4, 0.5) is 0 Å². The van der Waals surface area contributed by atoms with Gasteiger partial charge in [0, 0.05) is 16.7 Å². The molecule has 0 bridgehead atoms. The SMILES string of the molecule is O=c1c2ccccc2n2c3cc(-c4cccc(-c5nc(-c6ccccc6)nc(-c6ccccc6)n5)c4)ccc3nc2n1-c1ccccc1. The second kappa shape index (κ2) is 11.3. The molecule has 0 saturated heterocycles. The number of nitrogens with zero attached hydrogens (tertiary/aromatic N) is 6. The molecule has 48 heavy (non-hydrogen) atoms. The molecule has 0 aliphatic heterocycles. The molecule has 3 heterocycles. The molecule has 0 N–H and O–H groups in total. The lowest BCUT2D eigenvalue weighted by atomic mass is 10.0. The Morgan fingerprint density at radius 1 is 0.417 bits per heavy atom. The number of imidazole rings is 1. The van der Waals surface area contributed by atoms with Gasteiger partial charge in [0.05, 0.1) is 27.6 Å². The average Bonchev–Trinajstić information content (AvgIpc) is 3.54. The third kappa shape index (κ3) is 4.65. The van der Waals surface area contributed by atoms with Crippen molar-refractivity contribution in [2.24, 2.45) is 0 Å². The second-order valence-electron chi connectivity index (χ2n) is 11.6. The van der Waals surface area contributed by atoms with Crippen LogP contribution in [0.5, 0.6) is 0 Å². The van der Waals surface area contributed by atoms with Crippen molar-refractivity contribution in [1.82, 2.24) is 28.9 Å².